The first kappa shape index (κ1) is 20.3. The highest BCUT2D eigenvalue weighted by Gasteiger charge is 2.48. The van der Waals surface area contributed by atoms with Gasteiger partial charge in [-0.25, -0.2) is 4.98 Å². The van der Waals surface area contributed by atoms with Crippen molar-refractivity contribution in [2.75, 3.05) is 19.6 Å². The Bertz CT molecular complexity index is 1320. The molecule has 5 rings (SSSR count). The van der Waals surface area contributed by atoms with E-state index in [0.29, 0.717) is 5.69 Å². The third-order valence-electron chi connectivity index (χ3n) is 5.73. The van der Waals surface area contributed by atoms with Crippen molar-refractivity contribution in [3.05, 3.63) is 49.2 Å². The predicted octanol–water partition coefficient (Wildman–Crippen LogP) is 3.09. The predicted molar refractivity (Wildman–Crippen MR) is 109 cm³/mol. The third kappa shape index (κ3) is 3.52. The Morgan fingerprint density at radius 2 is 2.00 bits per heavy atom. The second kappa shape index (κ2) is 7.20. The van der Waals surface area contributed by atoms with Crippen LogP contribution in [0.1, 0.15) is 6.42 Å². The zero-order chi connectivity index (χ0) is 22.5. The van der Waals surface area contributed by atoms with Crippen LogP contribution in [0.4, 0.5) is 13.2 Å². The number of aromatic nitrogens is 6. The fraction of sp³-hybridized carbons (Fsp3) is 0.333. The molecular weight excluding hydrogens is 421 g/mol. The van der Waals surface area contributed by atoms with Crippen LogP contribution in [0.25, 0.3) is 28.2 Å². The van der Waals surface area contributed by atoms with E-state index in [0.717, 1.165) is 22.5 Å². The lowest BCUT2D eigenvalue weighted by atomic mass is 9.87. The molecule has 0 spiro atoms. The number of aryl methyl sites for hydroxylation is 1. The molecule has 11 heteroatoms. The number of hydrogen-bond donors (Lipinski definition) is 0. The van der Waals surface area contributed by atoms with Gasteiger partial charge in [-0.05, 0) is 23.8 Å². The molecule has 4 aromatic heterocycles. The zero-order valence-electron chi connectivity index (χ0n) is 17.2. The monoisotopic (exact) mass is 440 g/mol. The normalized spacial score (nSPS) is 16.2. The lowest BCUT2D eigenvalue weighted by Gasteiger charge is -2.49. The molecule has 4 aromatic rings. The number of imidazole rings is 1. The molecule has 5 heterocycles. The highest BCUT2D eigenvalue weighted by molar-refractivity contribution is 5.73. The Balaban J connectivity index is 1.51. The summed E-state index contributed by atoms with van der Waals surface area (Å²) < 4.78 is 43.5. The second-order valence-corrected chi connectivity index (χ2v) is 8.15. The summed E-state index contributed by atoms with van der Waals surface area (Å²) in [6.07, 6.45) is 4.74. The number of nitriles is 1. The SMILES string of the molecule is Cn1cc(-c2cc(-c3ccn(C4(CC#N)CN(CC(F)(F)F)C4)n3)n3ccnc3c2)cn1. The maximum atomic E-state index is 12.7. The summed E-state index contributed by atoms with van der Waals surface area (Å²) in [6.45, 7) is -0.744. The number of likely N-dealkylation sites (tertiary alicyclic amines) is 1. The highest BCUT2D eigenvalue weighted by atomic mass is 19.4. The van der Waals surface area contributed by atoms with E-state index in [1.165, 1.54) is 4.90 Å². The van der Waals surface area contributed by atoms with Crippen molar-refractivity contribution in [3.63, 3.8) is 0 Å². The van der Waals surface area contributed by atoms with Crippen LogP contribution in [-0.2, 0) is 12.6 Å². The molecule has 8 nitrogen and oxygen atoms in total. The summed E-state index contributed by atoms with van der Waals surface area (Å²) in [5.41, 5.74) is 3.26. The van der Waals surface area contributed by atoms with Gasteiger partial charge >= 0.3 is 6.18 Å². The van der Waals surface area contributed by atoms with Crippen molar-refractivity contribution in [2.24, 2.45) is 7.05 Å². The maximum Gasteiger partial charge on any atom is 0.401 e. The van der Waals surface area contributed by atoms with Crippen molar-refractivity contribution in [3.8, 4) is 28.6 Å². The number of fused-ring (bicyclic) bond motifs is 1. The summed E-state index contributed by atoms with van der Waals surface area (Å²) in [7, 11) is 1.84. The van der Waals surface area contributed by atoms with Crippen LogP contribution in [0, 0.1) is 11.3 Å². The van der Waals surface area contributed by atoms with Crippen molar-refractivity contribution < 1.29 is 13.2 Å². The van der Waals surface area contributed by atoms with Crippen LogP contribution in [-0.4, -0.2) is 59.7 Å². The quantitative estimate of drug-likeness (QED) is 0.477. The number of halogens is 3. The van der Waals surface area contributed by atoms with Crippen molar-refractivity contribution in [1.29, 1.82) is 5.26 Å². The molecule has 1 aliphatic rings. The molecule has 0 aliphatic carbocycles. The molecule has 1 fully saturated rings. The summed E-state index contributed by atoms with van der Waals surface area (Å²) in [5, 5.41) is 18.2. The minimum Gasteiger partial charge on any atom is -0.298 e. The first-order valence-electron chi connectivity index (χ1n) is 9.95. The Hall–Kier alpha value is -3.65. The minimum absolute atomic E-state index is 0.0820. The summed E-state index contributed by atoms with van der Waals surface area (Å²) in [6, 6.07) is 7.85. The smallest absolute Gasteiger partial charge is 0.298 e. The van der Waals surface area contributed by atoms with E-state index in [9.17, 15) is 18.4 Å². The molecule has 32 heavy (non-hydrogen) atoms. The van der Waals surface area contributed by atoms with Gasteiger partial charge in [-0.15, -0.1) is 0 Å². The average Bonchev–Trinajstić information content (AvgIpc) is 3.44. The van der Waals surface area contributed by atoms with E-state index in [1.54, 1.807) is 28.0 Å². The Morgan fingerprint density at radius 3 is 2.69 bits per heavy atom. The van der Waals surface area contributed by atoms with Gasteiger partial charge in [0, 0.05) is 50.5 Å². The van der Waals surface area contributed by atoms with E-state index in [2.05, 4.69) is 21.3 Å². The Morgan fingerprint density at radius 1 is 1.19 bits per heavy atom. The molecule has 1 aliphatic heterocycles. The van der Waals surface area contributed by atoms with Crippen molar-refractivity contribution in [2.45, 2.75) is 18.1 Å². The Labute approximate surface area is 181 Å². The van der Waals surface area contributed by atoms with Crippen LogP contribution in [0.2, 0.25) is 0 Å². The lowest BCUT2D eigenvalue weighted by Crippen LogP contribution is -2.64. The Kier molecular flexibility index (Phi) is 4.56. The van der Waals surface area contributed by atoms with Gasteiger partial charge in [-0.1, -0.05) is 0 Å². The van der Waals surface area contributed by atoms with E-state index >= 15 is 0 Å². The number of alkyl halides is 3. The van der Waals surface area contributed by atoms with E-state index in [1.807, 2.05) is 42.0 Å². The lowest BCUT2D eigenvalue weighted by molar-refractivity contribution is -0.167. The first-order chi connectivity index (χ1) is 15.3. The van der Waals surface area contributed by atoms with Gasteiger partial charge in [0.05, 0.1) is 30.9 Å². The van der Waals surface area contributed by atoms with Crippen LogP contribution in [0.15, 0.2) is 49.2 Å². The van der Waals surface area contributed by atoms with Crippen molar-refractivity contribution >= 4 is 5.65 Å². The van der Waals surface area contributed by atoms with E-state index in [4.69, 9.17) is 0 Å². The topological polar surface area (TPSA) is 80.0 Å². The van der Waals surface area contributed by atoms with Gasteiger partial charge in [-0.3, -0.25) is 18.7 Å². The highest BCUT2D eigenvalue weighted by Crippen LogP contribution is 2.35. The first-order valence-corrected chi connectivity index (χ1v) is 9.95. The fourth-order valence-electron chi connectivity index (χ4n) is 4.32. The minimum atomic E-state index is -4.27. The average molecular weight is 440 g/mol. The number of hydrogen-bond acceptors (Lipinski definition) is 5. The van der Waals surface area contributed by atoms with Gasteiger partial charge < -0.3 is 0 Å². The van der Waals surface area contributed by atoms with Crippen molar-refractivity contribution in [1.82, 2.24) is 33.8 Å². The third-order valence-corrected chi connectivity index (χ3v) is 5.73. The molecule has 164 valence electrons. The van der Waals surface area contributed by atoms with E-state index in [-0.39, 0.29) is 19.5 Å². The number of nitrogens with zero attached hydrogens (tertiary/aromatic N) is 8. The van der Waals surface area contributed by atoms with E-state index < -0.39 is 18.3 Å². The summed E-state index contributed by atoms with van der Waals surface area (Å²) in [5.74, 6) is 0. The van der Waals surface area contributed by atoms with Gasteiger partial charge in [-0.2, -0.15) is 28.6 Å². The van der Waals surface area contributed by atoms with Gasteiger partial charge in [0.1, 0.15) is 16.9 Å². The molecule has 0 saturated carbocycles. The molecule has 0 radical (unpaired) electrons. The summed E-state index contributed by atoms with van der Waals surface area (Å²) in [4.78, 5) is 5.69. The molecule has 0 bridgehead atoms. The molecule has 0 amide bonds. The zero-order valence-corrected chi connectivity index (χ0v) is 17.2. The molecule has 0 atom stereocenters. The standard InChI is InChI=1S/C21H19F3N8/c1-29-11-16(10-27-29)15-8-18(31-7-5-26-19(31)9-15)17-2-6-32(28-17)20(3-4-25)12-30(13-20)14-21(22,23)24/h2,5-11H,3,12-14H2,1H3. The summed E-state index contributed by atoms with van der Waals surface area (Å²) >= 11 is 0. The molecule has 0 aromatic carbocycles. The van der Waals surface area contributed by atoms with Crippen LogP contribution < -0.4 is 0 Å². The van der Waals surface area contributed by atoms with Gasteiger partial charge in [0.2, 0.25) is 0 Å². The van der Waals surface area contributed by atoms with Crippen LogP contribution in [0.3, 0.4) is 0 Å². The van der Waals surface area contributed by atoms with Gasteiger partial charge in [0.15, 0.2) is 0 Å². The molecule has 1 saturated heterocycles. The van der Waals surface area contributed by atoms with Crippen LogP contribution >= 0.6 is 0 Å². The second-order valence-electron chi connectivity index (χ2n) is 8.15. The molecule has 0 unspecified atom stereocenters. The molecular formula is C21H19F3N8. The number of pyridine rings is 1. The maximum absolute atomic E-state index is 12.7. The van der Waals surface area contributed by atoms with Gasteiger partial charge in [0.25, 0.3) is 0 Å². The number of rotatable bonds is 5. The van der Waals surface area contributed by atoms with Crippen LogP contribution in [0.5, 0.6) is 0 Å². The molecule has 0 N–H and O–H groups in total. The largest absolute Gasteiger partial charge is 0.401 e. The fourth-order valence-corrected chi connectivity index (χ4v) is 4.32.